The van der Waals surface area contributed by atoms with Crippen LogP contribution in [0.2, 0.25) is 0 Å². The van der Waals surface area contributed by atoms with Crippen LogP contribution in [0.25, 0.3) is 0 Å². The van der Waals surface area contributed by atoms with Crippen LogP contribution in [0.1, 0.15) is 25.5 Å². The van der Waals surface area contributed by atoms with Crippen LogP contribution in [0.15, 0.2) is 0 Å². The first kappa shape index (κ1) is 8.86. The van der Waals surface area contributed by atoms with Gasteiger partial charge in [-0.1, -0.05) is 0 Å². The lowest BCUT2D eigenvalue weighted by atomic mass is 10.1. The van der Waals surface area contributed by atoms with Crippen LogP contribution < -0.4 is 11.5 Å². The van der Waals surface area contributed by atoms with E-state index >= 15 is 0 Å². The predicted molar refractivity (Wildman–Crippen MR) is 46.2 cm³/mol. The molecular weight excluding hydrogens is 154 g/mol. The molecule has 0 unspecified atom stereocenters. The van der Waals surface area contributed by atoms with E-state index in [1.165, 1.54) is 0 Å². The molecule has 1 rings (SSSR count). The maximum Gasteiger partial charge on any atom is 0.223 e. The van der Waals surface area contributed by atoms with E-state index in [0.717, 1.165) is 0 Å². The molecule has 66 valence electrons. The Labute approximate surface area is 71.2 Å². The quantitative estimate of drug-likeness (QED) is 0.612. The van der Waals surface area contributed by atoms with Crippen LogP contribution in [0, 0.1) is 6.92 Å². The summed E-state index contributed by atoms with van der Waals surface area (Å²) < 4.78 is 0. The summed E-state index contributed by atoms with van der Waals surface area (Å²) in [6.45, 7) is 5.40. The SMILES string of the molecule is Cc1nc(N)nc(C(C)(C)N)n1. The Morgan fingerprint density at radius 1 is 1.17 bits per heavy atom. The molecule has 0 aliphatic rings. The van der Waals surface area contributed by atoms with Crippen LogP contribution in [-0.4, -0.2) is 15.0 Å². The lowest BCUT2D eigenvalue weighted by Gasteiger charge is -2.16. The van der Waals surface area contributed by atoms with Gasteiger partial charge in [-0.25, -0.2) is 4.98 Å². The van der Waals surface area contributed by atoms with E-state index in [-0.39, 0.29) is 5.95 Å². The van der Waals surface area contributed by atoms with Gasteiger partial charge in [-0.15, -0.1) is 0 Å². The van der Waals surface area contributed by atoms with E-state index in [0.29, 0.717) is 11.6 Å². The normalized spacial score (nSPS) is 11.7. The molecule has 0 amide bonds. The van der Waals surface area contributed by atoms with Gasteiger partial charge in [0.2, 0.25) is 5.95 Å². The highest BCUT2D eigenvalue weighted by Crippen LogP contribution is 2.11. The van der Waals surface area contributed by atoms with E-state index in [4.69, 9.17) is 11.5 Å². The topological polar surface area (TPSA) is 90.7 Å². The maximum atomic E-state index is 5.79. The maximum absolute atomic E-state index is 5.79. The largest absolute Gasteiger partial charge is 0.368 e. The van der Waals surface area contributed by atoms with E-state index in [9.17, 15) is 0 Å². The van der Waals surface area contributed by atoms with Crippen LogP contribution in [0.4, 0.5) is 5.95 Å². The third-order valence-electron chi connectivity index (χ3n) is 1.34. The minimum absolute atomic E-state index is 0.219. The minimum atomic E-state index is -0.568. The van der Waals surface area contributed by atoms with Gasteiger partial charge in [-0.05, 0) is 20.8 Å². The number of nitrogens with zero attached hydrogens (tertiary/aromatic N) is 3. The zero-order valence-electron chi connectivity index (χ0n) is 7.50. The van der Waals surface area contributed by atoms with Gasteiger partial charge in [0, 0.05) is 0 Å². The summed E-state index contributed by atoms with van der Waals surface area (Å²) in [5.41, 5.74) is 10.7. The second kappa shape index (κ2) is 2.67. The van der Waals surface area contributed by atoms with Crippen LogP contribution >= 0.6 is 0 Å². The number of aromatic nitrogens is 3. The van der Waals surface area contributed by atoms with Crippen LogP contribution in [0.3, 0.4) is 0 Å². The number of hydrogen-bond donors (Lipinski definition) is 2. The fourth-order valence-corrected chi connectivity index (χ4v) is 0.791. The Bertz CT molecular complexity index is 268. The summed E-state index contributed by atoms with van der Waals surface area (Å²) in [7, 11) is 0. The van der Waals surface area contributed by atoms with Crippen molar-refractivity contribution in [3.8, 4) is 0 Å². The fourth-order valence-electron chi connectivity index (χ4n) is 0.791. The van der Waals surface area contributed by atoms with Crippen molar-refractivity contribution in [1.29, 1.82) is 0 Å². The minimum Gasteiger partial charge on any atom is -0.368 e. The number of nitrogens with two attached hydrogens (primary N) is 2. The second-order valence-corrected chi connectivity index (χ2v) is 3.29. The average Bonchev–Trinajstić information content (AvgIpc) is 1.82. The molecule has 0 radical (unpaired) electrons. The Morgan fingerprint density at radius 2 is 1.75 bits per heavy atom. The Balaban J connectivity index is 3.18. The molecule has 0 atom stereocenters. The van der Waals surface area contributed by atoms with Crippen molar-refractivity contribution < 1.29 is 0 Å². The van der Waals surface area contributed by atoms with E-state index in [1.54, 1.807) is 6.92 Å². The van der Waals surface area contributed by atoms with Crippen molar-refractivity contribution >= 4 is 5.95 Å². The number of hydrogen-bond acceptors (Lipinski definition) is 5. The van der Waals surface area contributed by atoms with Crippen molar-refractivity contribution in [3.05, 3.63) is 11.6 Å². The smallest absolute Gasteiger partial charge is 0.223 e. The van der Waals surface area contributed by atoms with E-state index in [1.807, 2.05) is 13.8 Å². The van der Waals surface area contributed by atoms with E-state index in [2.05, 4.69) is 15.0 Å². The summed E-state index contributed by atoms with van der Waals surface area (Å²) in [5, 5.41) is 0. The molecule has 1 aromatic rings. The number of anilines is 1. The molecule has 4 N–H and O–H groups in total. The van der Waals surface area contributed by atoms with Crippen molar-refractivity contribution in [2.24, 2.45) is 5.73 Å². The molecule has 0 bridgehead atoms. The predicted octanol–water partition coefficient (Wildman–Crippen LogP) is -0.0440. The molecule has 0 fully saturated rings. The van der Waals surface area contributed by atoms with Crippen molar-refractivity contribution in [1.82, 2.24) is 15.0 Å². The van der Waals surface area contributed by atoms with Crippen LogP contribution in [-0.2, 0) is 5.54 Å². The highest BCUT2D eigenvalue weighted by Gasteiger charge is 2.18. The number of nitrogen functional groups attached to an aromatic ring is 1. The van der Waals surface area contributed by atoms with Gasteiger partial charge >= 0.3 is 0 Å². The Kier molecular flexibility index (Phi) is 1.97. The molecule has 12 heavy (non-hydrogen) atoms. The Hall–Kier alpha value is -1.23. The molecule has 0 spiro atoms. The molecule has 5 heteroatoms. The summed E-state index contributed by atoms with van der Waals surface area (Å²) in [5.74, 6) is 1.33. The fraction of sp³-hybridized carbons (Fsp3) is 0.571. The van der Waals surface area contributed by atoms with Gasteiger partial charge in [-0.2, -0.15) is 9.97 Å². The lowest BCUT2D eigenvalue weighted by molar-refractivity contribution is 0.509. The first-order valence-electron chi connectivity index (χ1n) is 3.67. The number of rotatable bonds is 1. The third-order valence-corrected chi connectivity index (χ3v) is 1.34. The zero-order chi connectivity index (χ0) is 9.35. The van der Waals surface area contributed by atoms with Crippen molar-refractivity contribution in [2.75, 3.05) is 5.73 Å². The molecule has 1 aromatic heterocycles. The van der Waals surface area contributed by atoms with Crippen LogP contribution in [0.5, 0.6) is 0 Å². The summed E-state index contributed by atoms with van der Waals surface area (Å²) >= 11 is 0. The number of aryl methyl sites for hydroxylation is 1. The molecule has 0 aliphatic carbocycles. The van der Waals surface area contributed by atoms with Gasteiger partial charge in [0.1, 0.15) is 5.82 Å². The van der Waals surface area contributed by atoms with Crippen molar-refractivity contribution in [2.45, 2.75) is 26.3 Å². The molecular formula is C7H13N5. The second-order valence-electron chi connectivity index (χ2n) is 3.29. The summed E-state index contributed by atoms with van der Waals surface area (Å²) in [4.78, 5) is 11.9. The van der Waals surface area contributed by atoms with E-state index < -0.39 is 5.54 Å². The monoisotopic (exact) mass is 167 g/mol. The third kappa shape index (κ3) is 1.88. The standard InChI is InChI=1S/C7H13N5/c1-4-10-5(7(2,3)9)12-6(8)11-4/h9H2,1-3H3,(H2,8,10,11,12). The zero-order valence-corrected chi connectivity index (χ0v) is 7.50. The van der Waals surface area contributed by atoms with Gasteiger partial charge in [0.05, 0.1) is 5.54 Å². The average molecular weight is 167 g/mol. The van der Waals surface area contributed by atoms with Gasteiger partial charge in [0.15, 0.2) is 5.82 Å². The summed E-state index contributed by atoms with van der Waals surface area (Å²) in [6.07, 6.45) is 0. The van der Waals surface area contributed by atoms with Crippen molar-refractivity contribution in [3.63, 3.8) is 0 Å². The van der Waals surface area contributed by atoms with Gasteiger partial charge in [0.25, 0.3) is 0 Å². The highest BCUT2D eigenvalue weighted by molar-refractivity contribution is 5.18. The molecule has 5 nitrogen and oxygen atoms in total. The molecule has 0 saturated carbocycles. The first-order chi connectivity index (χ1) is 5.39. The highest BCUT2D eigenvalue weighted by atomic mass is 15.1. The van der Waals surface area contributed by atoms with Gasteiger partial charge < -0.3 is 11.5 Å². The summed E-state index contributed by atoms with van der Waals surface area (Å²) in [6, 6.07) is 0. The lowest BCUT2D eigenvalue weighted by Crippen LogP contribution is -2.32. The van der Waals surface area contributed by atoms with Gasteiger partial charge in [-0.3, -0.25) is 0 Å². The molecule has 0 aliphatic heterocycles. The molecule has 0 aromatic carbocycles. The molecule has 1 heterocycles. The first-order valence-corrected chi connectivity index (χ1v) is 3.67. The molecule has 0 saturated heterocycles. The Morgan fingerprint density at radius 3 is 2.17 bits per heavy atom.